The van der Waals surface area contributed by atoms with Gasteiger partial charge in [-0.2, -0.15) is 0 Å². The molecule has 3 rings (SSSR count). The molecule has 0 radical (unpaired) electrons. The van der Waals surface area contributed by atoms with Gasteiger partial charge in [0.2, 0.25) is 5.91 Å². The second kappa shape index (κ2) is 7.62. The topological polar surface area (TPSA) is 135 Å². The summed E-state index contributed by atoms with van der Waals surface area (Å²) in [5.74, 6) is 0.263. The predicted molar refractivity (Wildman–Crippen MR) is 104 cm³/mol. The second-order valence-electron chi connectivity index (χ2n) is 6.11. The summed E-state index contributed by atoms with van der Waals surface area (Å²) in [6, 6.07) is 4.64. The lowest BCUT2D eigenvalue weighted by Crippen LogP contribution is -2.48. The van der Waals surface area contributed by atoms with Crippen molar-refractivity contribution in [2.45, 2.75) is 6.92 Å². The summed E-state index contributed by atoms with van der Waals surface area (Å²) in [7, 11) is 0. The summed E-state index contributed by atoms with van der Waals surface area (Å²) in [6.07, 6.45) is 1.71. The van der Waals surface area contributed by atoms with Crippen molar-refractivity contribution in [3.8, 4) is 10.4 Å². The van der Waals surface area contributed by atoms with Crippen molar-refractivity contribution >= 4 is 40.0 Å². The fourth-order valence-corrected chi connectivity index (χ4v) is 3.95. The molecule has 1 aliphatic heterocycles. The van der Waals surface area contributed by atoms with Gasteiger partial charge in [0.05, 0.1) is 5.56 Å². The molecule has 5 N–H and O–H groups in total. The lowest BCUT2D eigenvalue weighted by atomic mass is 10.2. The number of aromatic nitrogens is 1. The summed E-state index contributed by atoms with van der Waals surface area (Å²) in [5.41, 5.74) is 11.5. The number of piperazine rings is 1. The van der Waals surface area contributed by atoms with Gasteiger partial charge in [-0.1, -0.05) is 0 Å². The smallest absolute Gasteiger partial charge is 0.317 e. The number of urea groups is 1. The van der Waals surface area contributed by atoms with Crippen LogP contribution in [0.25, 0.3) is 10.4 Å². The van der Waals surface area contributed by atoms with Crippen LogP contribution in [-0.2, 0) is 4.79 Å². The average Bonchev–Trinajstić information content (AvgIpc) is 3.05. The fourth-order valence-electron chi connectivity index (χ4n) is 2.89. The largest absolute Gasteiger partial charge is 0.366 e. The van der Waals surface area contributed by atoms with Crippen LogP contribution in [-0.4, -0.2) is 53.9 Å². The summed E-state index contributed by atoms with van der Waals surface area (Å²) < 4.78 is 0. The number of nitrogens with one attached hydrogen (secondary N) is 1. The van der Waals surface area contributed by atoms with Crippen LogP contribution in [0.1, 0.15) is 17.3 Å². The molecule has 3 heterocycles. The van der Waals surface area contributed by atoms with Crippen molar-refractivity contribution < 1.29 is 14.4 Å². The van der Waals surface area contributed by atoms with E-state index < -0.39 is 11.9 Å². The Morgan fingerprint density at radius 1 is 1.15 bits per heavy atom. The molecular formula is C17H20N6O3S. The van der Waals surface area contributed by atoms with Crippen molar-refractivity contribution in [1.29, 1.82) is 0 Å². The van der Waals surface area contributed by atoms with E-state index in [0.29, 0.717) is 18.1 Å². The van der Waals surface area contributed by atoms with Crippen LogP contribution in [0, 0.1) is 0 Å². The Kier molecular flexibility index (Phi) is 5.26. The van der Waals surface area contributed by atoms with Gasteiger partial charge in [-0.3, -0.25) is 14.9 Å². The molecule has 0 unspecified atom stereocenters. The molecule has 0 saturated carbocycles. The van der Waals surface area contributed by atoms with Crippen LogP contribution in [0.4, 0.5) is 15.6 Å². The van der Waals surface area contributed by atoms with Crippen molar-refractivity contribution in [2.24, 2.45) is 11.5 Å². The average molecular weight is 388 g/mol. The molecule has 1 fully saturated rings. The number of carbonyl (C=O) groups excluding carboxylic acids is 3. The van der Waals surface area contributed by atoms with Gasteiger partial charge in [-0.15, -0.1) is 11.3 Å². The number of pyridine rings is 1. The number of anilines is 2. The van der Waals surface area contributed by atoms with E-state index in [1.54, 1.807) is 19.2 Å². The second-order valence-corrected chi connectivity index (χ2v) is 7.16. The van der Waals surface area contributed by atoms with Crippen molar-refractivity contribution in [2.75, 3.05) is 36.4 Å². The third kappa shape index (κ3) is 4.17. The van der Waals surface area contributed by atoms with Gasteiger partial charge in [-0.05, 0) is 18.2 Å². The first-order chi connectivity index (χ1) is 12.8. The molecule has 10 heteroatoms. The fraction of sp³-hybridized carbons (Fsp3) is 0.294. The Labute approximate surface area is 159 Å². The molecule has 0 atom stereocenters. The van der Waals surface area contributed by atoms with Crippen LogP contribution >= 0.6 is 11.3 Å². The van der Waals surface area contributed by atoms with Gasteiger partial charge in [-0.25, -0.2) is 9.78 Å². The quantitative estimate of drug-likeness (QED) is 0.720. The third-order valence-electron chi connectivity index (χ3n) is 4.32. The van der Waals surface area contributed by atoms with E-state index in [1.807, 2.05) is 17.0 Å². The Balaban J connectivity index is 1.77. The normalized spacial score (nSPS) is 14.1. The molecule has 142 valence electrons. The Hall–Kier alpha value is -3.14. The number of amides is 4. The first-order valence-electron chi connectivity index (χ1n) is 8.32. The highest BCUT2D eigenvalue weighted by atomic mass is 32.1. The zero-order valence-electron chi connectivity index (χ0n) is 14.8. The van der Waals surface area contributed by atoms with Crippen LogP contribution in [0.5, 0.6) is 0 Å². The number of carbonyl (C=O) groups is 3. The minimum atomic E-state index is -0.760. The van der Waals surface area contributed by atoms with E-state index in [-0.39, 0.29) is 11.5 Å². The summed E-state index contributed by atoms with van der Waals surface area (Å²) >= 11 is 1.20. The number of rotatable bonds is 4. The van der Waals surface area contributed by atoms with Crippen molar-refractivity contribution in [3.63, 3.8) is 0 Å². The van der Waals surface area contributed by atoms with Crippen LogP contribution < -0.4 is 21.7 Å². The molecule has 0 spiro atoms. The maximum atomic E-state index is 11.6. The molecular weight excluding hydrogens is 368 g/mol. The highest BCUT2D eigenvalue weighted by molar-refractivity contribution is 7.20. The standard InChI is InChI=1S/C17H20N6O3S/c1-10(24)22-4-6-23(7-5-22)14-3-2-11(9-20-14)13-8-12(15(18)25)16(27-13)21-17(19)26/h2-3,8-9H,4-7H2,1H3,(H2,18,25)(H3,19,21,26). The number of primary amides is 2. The van der Waals surface area contributed by atoms with E-state index in [4.69, 9.17) is 11.5 Å². The SMILES string of the molecule is CC(=O)N1CCN(c2ccc(-c3cc(C(N)=O)c(NC(N)=O)s3)cn2)CC1. The van der Waals surface area contributed by atoms with Gasteiger partial charge in [0.15, 0.2) is 0 Å². The Bertz CT molecular complexity index is 871. The summed E-state index contributed by atoms with van der Waals surface area (Å²) in [4.78, 5) is 43.3. The Morgan fingerprint density at radius 2 is 1.85 bits per heavy atom. The third-order valence-corrected chi connectivity index (χ3v) is 5.42. The maximum Gasteiger partial charge on any atom is 0.317 e. The zero-order valence-corrected chi connectivity index (χ0v) is 15.6. The van der Waals surface area contributed by atoms with E-state index >= 15 is 0 Å². The van der Waals surface area contributed by atoms with Gasteiger partial charge < -0.3 is 21.3 Å². The van der Waals surface area contributed by atoms with E-state index in [9.17, 15) is 14.4 Å². The molecule has 4 amide bonds. The molecule has 9 nitrogen and oxygen atoms in total. The van der Waals surface area contributed by atoms with Crippen LogP contribution in [0.15, 0.2) is 24.4 Å². The molecule has 1 aliphatic rings. The highest BCUT2D eigenvalue weighted by Gasteiger charge is 2.20. The first-order valence-corrected chi connectivity index (χ1v) is 9.14. The number of nitrogens with zero attached hydrogens (tertiary/aromatic N) is 3. The monoisotopic (exact) mass is 388 g/mol. The van der Waals surface area contributed by atoms with Gasteiger partial charge in [0.1, 0.15) is 10.8 Å². The molecule has 2 aromatic heterocycles. The number of nitrogens with two attached hydrogens (primary N) is 2. The molecule has 27 heavy (non-hydrogen) atoms. The maximum absolute atomic E-state index is 11.6. The summed E-state index contributed by atoms with van der Waals surface area (Å²) in [5, 5.41) is 2.73. The lowest BCUT2D eigenvalue weighted by Gasteiger charge is -2.34. The van der Waals surface area contributed by atoms with E-state index in [1.165, 1.54) is 11.3 Å². The van der Waals surface area contributed by atoms with Crippen molar-refractivity contribution in [1.82, 2.24) is 9.88 Å². The molecule has 0 aromatic carbocycles. The number of hydrogen-bond donors (Lipinski definition) is 3. The zero-order chi connectivity index (χ0) is 19.6. The van der Waals surface area contributed by atoms with E-state index in [2.05, 4.69) is 15.2 Å². The van der Waals surface area contributed by atoms with Crippen LogP contribution in [0.3, 0.4) is 0 Å². The first kappa shape index (κ1) is 18.6. The highest BCUT2D eigenvalue weighted by Crippen LogP contribution is 2.35. The lowest BCUT2D eigenvalue weighted by molar-refractivity contribution is -0.129. The van der Waals surface area contributed by atoms with Gasteiger partial charge in [0.25, 0.3) is 5.91 Å². The summed E-state index contributed by atoms with van der Waals surface area (Å²) in [6.45, 7) is 4.37. The minimum Gasteiger partial charge on any atom is -0.366 e. The van der Waals surface area contributed by atoms with E-state index in [0.717, 1.165) is 29.3 Å². The predicted octanol–water partition coefficient (Wildman–Crippen LogP) is 1.07. The molecule has 0 aliphatic carbocycles. The van der Waals surface area contributed by atoms with Crippen LogP contribution in [0.2, 0.25) is 0 Å². The molecule has 0 bridgehead atoms. The minimum absolute atomic E-state index is 0.0845. The number of hydrogen-bond acceptors (Lipinski definition) is 6. The Morgan fingerprint density at radius 3 is 2.37 bits per heavy atom. The molecule has 2 aromatic rings. The van der Waals surface area contributed by atoms with Gasteiger partial charge >= 0.3 is 6.03 Å². The van der Waals surface area contributed by atoms with Crippen molar-refractivity contribution in [3.05, 3.63) is 30.0 Å². The number of thiophene rings is 1. The molecule has 1 saturated heterocycles. The van der Waals surface area contributed by atoms with Gasteiger partial charge in [0, 0.05) is 49.7 Å².